The number of rotatable bonds is 5. The summed E-state index contributed by atoms with van der Waals surface area (Å²) in [6.07, 6.45) is 0. The summed E-state index contributed by atoms with van der Waals surface area (Å²) in [5.74, 6) is -0.00900. The van der Waals surface area contributed by atoms with Crippen molar-refractivity contribution in [1.29, 1.82) is 0 Å². The van der Waals surface area contributed by atoms with E-state index in [1.807, 2.05) is 80.6 Å². The van der Waals surface area contributed by atoms with Crippen molar-refractivity contribution in [2.45, 2.75) is 19.0 Å². The Hall–Kier alpha value is -2.65. The molecule has 0 radical (unpaired) electrons. The summed E-state index contributed by atoms with van der Waals surface area (Å²) in [6.45, 7) is 3.98. The van der Waals surface area contributed by atoms with Crippen LogP contribution in [0.4, 0.5) is 5.69 Å². The van der Waals surface area contributed by atoms with Crippen molar-refractivity contribution in [2.75, 3.05) is 11.1 Å². The fourth-order valence-electron chi connectivity index (χ4n) is 3.21. The minimum absolute atomic E-state index is 0.141. The van der Waals surface area contributed by atoms with Crippen LogP contribution in [-0.2, 0) is 4.79 Å². The Morgan fingerprint density at radius 2 is 1.81 bits per heavy atom. The van der Waals surface area contributed by atoms with Crippen molar-refractivity contribution >= 4 is 56.9 Å². The summed E-state index contributed by atoms with van der Waals surface area (Å²) in [6, 6.07) is 21.0. The zero-order valence-corrected chi connectivity index (χ0v) is 20.0. The number of halogens is 1. The van der Waals surface area contributed by atoms with E-state index < -0.39 is 0 Å². The van der Waals surface area contributed by atoms with E-state index in [0.29, 0.717) is 16.1 Å². The van der Waals surface area contributed by atoms with Crippen LogP contribution in [-0.4, -0.2) is 21.2 Å². The fraction of sp³-hybridized carbons (Fsp3) is 0.125. The number of nitrogens with one attached hydrogen (secondary N) is 1. The van der Waals surface area contributed by atoms with Crippen LogP contribution in [0.2, 0.25) is 0 Å². The number of fused-ring (bicyclic) bond motifs is 1. The molecule has 156 valence electrons. The van der Waals surface area contributed by atoms with Gasteiger partial charge in [0.1, 0.15) is 0 Å². The number of benzene rings is 3. The third-order valence-electron chi connectivity index (χ3n) is 4.73. The maximum atomic E-state index is 13.4. The molecule has 4 rings (SSSR count). The van der Waals surface area contributed by atoms with Gasteiger partial charge in [0, 0.05) is 9.26 Å². The van der Waals surface area contributed by atoms with E-state index in [2.05, 4.69) is 27.9 Å². The first-order valence-electron chi connectivity index (χ1n) is 9.69. The van der Waals surface area contributed by atoms with E-state index in [-0.39, 0.29) is 17.2 Å². The highest BCUT2D eigenvalue weighted by molar-refractivity contribution is 14.1. The predicted molar refractivity (Wildman–Crippen MR) is 135 cm³/mol. The van der Waals surface area contributed by atoms with Crippen LogP contribution >= 0.6 is 34.4 Å². The molecule has 5 nitrogen and oxygen atoms in total. The number of aromatic nitrogens is 2. The molecule has 7 heteroatoms. The topological polar surface area (TPSA) is 64.0 Å². The summed E-state index contributed by atoms with van der Waals surface area (Å²) in [4.78, 5) is 30.6. The Labute approximate surface area is 198 Å². The lowest BCUT2D eigenvalue weighted by Crippen LogP contribution is -2.23. The number of thioether (sulfide) groups is 1. The van der Waals surface area contributed by atoms with Crippen LogP contribution in [0.1, 0.15) is 11.1 Å². The standard InChI is InChI=1S/C24H20IN3O2S/c1-15-6-9-19(10-7-15)28-23(30)20-13-17(25)8-11-21(20)27-24(28)31-14-22(29)26-18-5-3-4-16(2)12-18/h3-13H,14H2,1-2H3,(H,26,29). The van der Waals surface area contributed by atoms with Gasteiger partial charge >= 0.3 is 0 Å². The molecular formula is C24H20IN3O2S. The SMILES string of the molecule is Cc1ccc(-n2c(SCC(=O)Nc3cccc(C)c3)nc3ccc(I)cc3c2=O)cc1. The van der Waals surface area contributed by atoms with Gasteiger partial charge in [-0.15, -0.1) is 0 Å². The molecule has 1 aromatic heterocycles. The van der Waals surface area contributed by atoms with Crippen LogP contribution < -0.4 is 10.9 Å². The molecule has 0 saturated carbocycles. The second kappa shape index (κ2) is 9.23. The highest BCUT2D eigenvalue weighted by Crippen LogP contribution is 2.23. The van der Waals surface area contributed by atoms with Crippen LogP contribution in [0.3, 0.4) is 0 Å². The molecule has 4 aromatic rings. The second-order valence-electron chi connectivity index (χ2n) is 7.24. The number of hydrogen-bond acceptors (Lipinski definition) is 4. The Kier molecular flexibility index (Phi) is 6.43. The Balaban J connectivity index is 1.69. The molecule has 1 amide bonds. The third-order valence-corrected chi connectivity index (χ3v) is 6.34. The maximum Gasteiger partial charge on any atom is 0.266 e. The van der Waals surface area contributed by atoms with Gasteiger partial charge in [0.2, 0.25) is 5.91 Å². The lowest BCUT2D eigenvalue weighted by atomic mass is 10.2. The largest absolute Gasteiger partial charge is 0.325 e. The van der Waals surface area contributed by atoms with E-state index >= 15 is 0 Å². The number of amides is 1. The summed E-state index contributed by atoms with van der Waals surface area (Å²) in [7, 11) is 0. The van der Waals surface area contributed by atoms with Crippen LogP contribution in [0.15, 0.2) is 76.7 Å². The molecule has 0 saturated heterocycles. The van der Waals surface area contributed by atoms with Crippen molar-refractivity contribution in [3.63, 3.8) is 0 Å². The van der Waals surface area contributed by atoms with Gasteiger partial charge in [0.15, 0.2) is 5.16 Å². The molecule has 3 aromatic carbocycles. The van der Waals surface area contributed by atoms with E-state index in [4.69, 9.17) is 4.98 Å². The molecule has 0 fully saturated rings. The molecule has 1 heterocycles. The molecule has 0 atom stereocenters. The van der Waals surface area contributed by atoms with Crippen LogP contribution in [0.5, 0.6) is 0 Å². The normalized spacial score (nSPS) is 10.9. The predicted octanol–water partition coefficient (Wildman–Crippen LogP) is 5.34. The van der Waals surface area contributed by atoms with E-state index in [1.54, 1.807) is 4.57 Å². The van der Waals surface area contributed by atoms with Crippen LogP contribution in [0, 0.1) is 17.4 Å². The van der Waals surface area contributed by atoms with Gasteiger partial charge < -0.3 is 5.32 Å². The number of carbonyl (C=O) groups excluding carboxylic acids is 1. The summed E-state index contributed by atoms with van der Waals surface area (Å²) in [5.41, 5.74) is 4.13. The molecule has 0 bridgehead atoms. The van der Waals surface area contributed by atoms with Crippen LogP contribution in [0.25, 0.3) is 16.6 Å². The van der Waals surface area contributed by atoms with Crippen molar-refractivity contribution in [3.8, 4) is 5.69 Å². The molecule has 0 unspecified atom stereocenters. The quantitative estimate of drug-likeness (QED) is 0.211. The smallest absolute Gasteiger partial charge is 0.266 e. The minimum Gasteiger partial charge on any atom is -0.325 e. The van der Waals surface area contributed by atoms with Crippen molar-refractivity contribution < 1.29 is 4.79 Å². The first-order valence-corrected chi connectivity index (χ1v) is 11.8. The number of hydrogen-bond donors (Lipinski definition) is 1. The molecule has 0 aliphatic rings. The highest BCUT2D eigenvalue weighted by Gasteiger charge is 2.15. The van der Waals surface area contributed by atoms with E-state index in [9.17, 15) is 9.59 Å². The first-order chi connectivity index (χ1) is 14.9. The van der Waals surface area contributed by atoms with Crippen molar-refractivity contribution in [3.05, 3.63) is 91.8 Å². The number of aryl methyl sites for hydroxylation is 2. The second-order valence-corrected chi connectivity index (χ2v) is 9.43. The van der Waals surface area contributed by atoms with Gasteiger partial charge in [0.05, 0.1) is 22.3 Å². The van der Waals surface area contributed by atoms with Gasteiger partial charge in [0.25, 0.3) is 5.56 Å². The third kappa shape index (κ3) is 4.99. The maximum absolute atomic E-state index is 13.4. The van der Waals surface area contributed by atoms with Crippen molar-refractivity contribution in [2.24, 2.45) is 0 Å². The molecule has 1 N–H and O–H groups in total. The van der Waals surface area contributed by atoms with Gasteiger partial charge in [-0.2, -0.15) is 0 Å². The van der Waals surface area contributed by atoms with Gasteiger partial charge in [-0.05, 0) is 84.5 Å². The van der Waals surface area contributed by atoms with E-state index in [0.717, 1.165) is 26.1 Å². The monoisotopic (exact) mass is 541 g/mol. The van der Waals surface area contributed by atoms with Gasteiger partial charge in [-0.25, -0.2) is 4.98 Å². The molecule has 31 heavy (non-hydrogen) atoms. The lowest BCUT2D eigenvalue weighted by Gasteiger charge is -2.14. The Morgan fingerprint density at radius 1 is 1.03 bits per heavy atom. The zero-order chi connectivity index (χ0) is 22.0. The average Bonchev–Trinajstić information content (AvgIpc) is 2.74. The van der Waals surface area contributed by atoms with Gasteiger partial charge in [-0.3, -0.25) is 14.2 Å². The molecule has 0 aliphatic carbocycles. The number of nitrogens with zero attached hydrogens (tertiary/aromatic N) is 2. The molecule has 0 aliphatic heterocycles. The molecule has 0 spiro atoms. The fourth-order valence-corrected chi connectivity index (χ4v) is 4.51. The van der Waals surface area contributed by atoms with Gasteiger partial charge in [-0.1, -0.05) is 41.6 Å². The highest BCUT2D eigenvalue weighted by atomic mass is 127. The van der Waals surface area contributed by atoms with Crippen molar-refractivity contribution in [1.82, 2.24) is 9.55 Å². The molecular weight excluding hydrogens is 521 g/mol. The number of anilines is 1. The average molecular weight is 541 g/mol. The van der Waals surface area contributed by atoms with E-state index in [1.165, 1.54) is 11.8 Å². The summed E-state index contributed by atoms with van der Waals surface area (Å²) in [5, 5.41) is 3.95. The minimum atomic E-state index is -0.150. The zero-order valence-electron chi connectivity index (χ0n) is 17.1. The summed E-state index contributed by atoms with van der Waals surface area (Å²) >= 11 is 3.44. The Bertz CT molecular complexity index is 1330. The number of carbonyl (C=O) groups is 1. The lowest BCUT2D eigenvalue weighted by molar-refractivity contribution is -0.113. The summed E-state index contributed by atoms with van der Waals surface area (Å²) < 4.78 is 2.56. The first kappa shape index (κ1) is 21.6. The Morgan fingerprint density at radius 3 is 2.55 bits per heavy atom.